The van der Waals surface area contributed by atoms with Gasteiger partial charge in [0.1, 0.15) is 5.82 Å². The summed E-state index contributed by atoms with van der Waals surface area (Å²) in [4.78, 5) is 4.03. The number of benzene rings is 1. The zero-order valence-corrected chi connectivity index (χ0v) is 15.6. The van der Waals surface area contributed by atoms with E-state index in [0.717, 1.165) is 22.5 Å². The van der Waals surface area contributed by atoms with Crippen LogP contribution in [0.1, 0.15) is 17.3 Å². The summed E-state index contributed by atoms with van der Waals surface area (Å²) < 4.78 is 39.9. The van der Waals surface area contributed by atoms with Gasteiger partial charge in [0, 0.05) is 43.2 Å². The first kappa shape index (κ1) is 17.8. The van der Waals surface area contributed by atoms with Gasteiger partial charge in [-0.2, -0.15) is 9.40 Å². The fraction of sp³-hybridized carbons (Fsp3) is 0.263. The highest BCUT2D eigenvalue weighted by molar-refractivity contribution is 7.88. The SMILES string of the molecule is CS(=O)(=O)N1CC(n2nc(-c3ccncc3)cc2Cc2ccc(F)cc2)C1. The van der Waals surface area contributed by atoms with Crippen LogP contribution in [0.5, 0.6) is 0 Å². The van der Waals surface area contributed by atoms with Crippen LogP contribution in [0.4, 0.5) is 4.39 Å². The van der Waals surface area contributed by atoms with E-state index in [1.165, 1.54) is 22.7 Å². The lowest BCUT2D eigenvalue weighted by atomic mass is 10.1. The minimum atomic E-state index is -3.19. The molecule has 27 heavy (non-hydrogen) atoms. The molecule has 8 heteroatoms. The van der Waals surface area contributed by atoms with Crippen molar-refractivity contribution in [1.29, 1.82) is 0 Å². The highest BCUT2D eigenvalue weighted by Crippen LogP contribution is 2.28. The summed E-state index contributed by atoms with van der Waals surface area (Å²) in [5.41, 5.74) is 3.69. The zero-order chi connectivity index (χ0) is 19.0. The highest BCUT2D eigenvalue weighted by Gasteiger charge is 2.36. The van der Waals surface area contributed by atoms with Crippen molar-refractivity contribution in [1.82, 2.24) is 19.1 Å². The van der Waals surface area contributed by atoms with E-state index in [2.05, 4.69) is 4.98 Å². The molecule has 0 atom stereocenters. The molecule has 0 unspecified atom stereocenters. The predicted octanol–water partition coefficient (Wildman–Crippen LogP) is 2.49. The molecule has 1 fully saturated rings. The monoisotopic (exact) mass is 386 g/mol. The van der Waals surface area contributed by atoms with E-state index in [9.17, 15) is 12.8 Å². The highest BCUT2D eigenvalue weighted by atomic mass is 32.2. The number of pyridine rings is 1. The molecule has 140 valence electrons. The first-order valence-electron chi connectivity index (χ1n) is 8.58. The Morgan fingerprint density at radius 1 is 1.11 bits per heavy atom. The quantitative estimate of drug-likeness (QED) is 0.676. The second-order valence-electron chi connectivity index (χ2n) is 6.74. The van der Waals surface area contributed by atoms with Crippen LogP contribution in [0, 0.1) is 5.82 Å². The Morgan fingerprint density at radius 3 is 2.41 bits per heavy atom. The second kappa shape index (κ2) is 6.86. The molecule has 0 aliphatic carbocycles. The maximum Gasteiger partial charge on any atom is 0.211 e. The van der Waals surface area contributed by atoms with Crippen molar-refractivity contribution >= 4 is 10.0 Å². The molecule has 1 aromatic carbocycles. The molecule has 3 heterocycles. The van der Waals surface area contributed by atoms with Gasteiger partial charge in [0.2, 0.25) is 10.0 Å². The summed E-state index contributed by atoms with van der Waals surface area (Å²) in [6.07, 6.45) is 5.23. The second-order valence-corrected chi connectivity index (χ2v) is 8.72. The molecule has 6 nitrogen and oxygen atoms in total. The minimum Gasteiger partial charge on any atom is -0.265 e. The molecule has 2 aromatic heterocycles. The van der Waals surface area contributed by atoms with Gasteiger partial charge in [-0.05, 0) is 35.9 Å². The molecule has 3 aromatic rings. The van der Waals surface area contributed by atoms with E-state index in [1.54, 1.807) is 24.5 Å². The summed E-state index contributed by atoms with van der Waals surface area (Å²) in [5, 5.41) is 4.73. The van der Waals surface area contributed by atoms with Crippen LogP contribution in [0.2, 0.25) is 0 Å². The van der Waals surface area contributed by atoms with Crippen molar-refractivity contribution < 1.29 is 12.8 Å². The number of sulfonamides is 1. The van der Waals surface area contributed by atoms with Gasteiger partial charge in [-0.1, -0.05) is 12.1 Å². The number of nitrogens with zero attached hydrogens (tertiary/aromatic N) is 4. The van der Waals surface area contributed by atoms with E-state index in [-0.39, 0.29) is 11.9 Å². The van der Waals surface area contributed by atoms with Crippen LogP contribution in [0.25, 0.3) is 11.3 Å². The molecular weight excluding hydrogens is 367 g/mol. The van der Waals surface area contributed by atoms with Gasteiger partial charge in [-0.25, -0.2) is 12.8 Å². The maximum absolute atomic E-state index is 13.2. The van der Waals surface area contributed by atoms with Crippen LogP contribution < -0.4 is 0 Å². The van der Waals surface area contributed by atoms with E-state index in [4.69, 9.17) is 5.10 Å². The van der Waals surface area contributed by atoms with Gasteiger partial charge in [0.25, 0.3) is 0 Å². The minimum absolute atomic E-state index is 0.00855. The first-order chi connectivity index (χ1) is 12.9. The summed E-state index contributed by atoms with van der Waals surface area (Å²) in [5.74, 6) is -0.271. The number of aromatic nitrogens is 3. The van der Waals surface area contributed by atoms with Crippen LogP contribution in [-0.2, 0) is 16.4 Å². The van der Waals surface area contributed by atoms with Gasteiger partial charge in [0.05, 0.1) is 18.0 Å². The van der Waals surface area contributed by atoms with Gasteiger partial charge < -0.3 is 0 Å². The lowest BCUT2D eigenvalue weighted by Gasteiger charge is -2.37. The smallest absolute Gasteiger partial charge is 0.211 e. The van der Waals surface area contributed by atoms with Crippen molar-refractivity contribution in [2.75, 3.05) is 19.3 Å². The van der Waals surface area contributed by atoms with Crippen molar-refractivity contribution in [3.8, 4) is 11.3 Å². The molecular formula is C19H19FN4O2S. The van der Waals surface area contributed by atoms with Crippen molar-refractivity contribution in [3.63, 3.8) is 0 Å². The summed E-state index contributed by atoms with van der Waals surface area (Å²) in [6, 6.07) is 12.1. The van der Waals surface area contributed by atoms with Gasteiger partial charge in [-0.3, -0.25) is 9.67 Å². The first-order valence-corrected chi connectivity index (χ1v) is 10.4. The molecule has 0 radical (unpaired) electrons. The molecule has 0 N–H and O–H groups in total. The molecule has 4 rings (SSSR count). The Labute approximate surface area is 157 Å². The van der Waals surface area contributed by atoms with E-state index < -0.39 is 10.0 Å². The third-order valence-corrected chi connectivity index (χ3v) is 5.97. The summed E-state index contributed by atoms with van der Waals surface area (Å²) >= 11 is 0. The van der Waals surface area contributed by atoms with Crippen LogP contribution >= 0.6 is 0 Å². The maximum atomic E-state index is 13.2. The van der Waals surface area contributed by atoms with Gasteiger partial charge >= 0.3 is 0 Å². The molecule has 1 aliphatic rings. The zero-order valence-electron chi connectivity index (χ0n) is 14.8. The number of rotatable bonds is 5. The van der Waals surface area contributed by atoms with Gasteiger partial charge in [0.15, 0.2) is 0 Å². The van der Waals surface area contributed by atoms with E-state index in [1.807, 2.05) is 22.9 Å². The molecule has 0 bridgehead atoms. The van der Waals surface area contributed by atoms with Crippen LogP contribution in [0.3, 0.4) is 0 Å². The Morgan fingerprint density at radius 2 is 1.78 bits per heavy atom. The normalized spacial score (nSPS) is 15.6. The molecule has 0 saturated carbocycles. The van der Waals surface area contributed by atoms with Crippen LogP contribution in [-0.4, -0.2) is 46.8 Å². The molecule has 0 amide bonds. The lowest BCUT2D eigenvalue weighted by Crippen LogP contribution is -2.50. The van der Waals surface area contributed by atoms with Gasteiger partial charge in [-0.15, -0.1) is 0 Å². The topological polar surface area (TPSA) is 68.1 Å². The largest absolute Gasteiger partial charge is 0.265 e. The summed E-state index contributed by atoms with van der Waals surface area (Å²) in [6.45, 7) is 0.819. The Bertz CT molecular complexity index is 1040. The third-order valence-electron chi connectivity index (χ3n) is 4.73. The average Bonchev–Trinajstić information content (AvgIpc) is 2.99. The fourth-order valence-corrected chi connectivity index (χ4v) is 4.08. The molecule has 0 spiro atoms. The van der Waals surface area contributed by atoms with Crippen LogP contribution in [0.15, 0.2) is 54.9 Å². The Balaban J connectivity index is 1.66. The third kappa shape index (κ3) is 3.77. The van der Waals surface area contributed by atoms with Crippen molar-refractivity contribution in [2.45, 2.75) is 12.5 Å². The average molecular weight is 386 g/mol. The molecule has 1 saturated heterocycles. The van der Waals surface area contributed by atoms with E-state index >= 15 is 0 Å². The number of halogens is 1. The number of hydrogen-bond acceptors (Lipinski definition) is 4. The van der Waals surface area contributed by atoms with E-state index in [0.29, 0.717) is 19.5 Å². The predicted molar refractivity (Wildman–Crippen MR) is 100 cm³/mol. The van der Waals surface area contributed by atoms with Crippen molar-refractivity contribution in [3.05, 3.63) is 71.9 Å². The fourth-order valence-electron chi connectivity index (χ4n) is 3.20. The lowest BCUT2D eigenvalue weighted by molar-refractivity contribution is 0.189. The Hall–Kier alpha value is -2.58. The molecule has 1 aliphatic heterocycles. The standard InChI is InChI=1S/C19H19FN4O2S/c1-27(25,26)23-12-18(13-23)24-17(10-14-2-4-16(20)5-3-14)11-19(22-24)15-6-8-21-9-7-15/h2-9,11,18H,10,12-13H2,1H3. The number of hydrogen-bond donors (Lipinski definition) is 0. The Kier molecular flexibility index (Phi) is 4.53. The summed E-state index contributed by atoms with van der Waals surface area (Å²) in [7, 11) is -3.19. The van der Waals surface area contributed by atoms with Crippen molar-refractivity contribution in [2.24, 2.45) is 0 Å².